The van der Waals surface area contributed by atoms with E-state index in [9.17, 15) is 19.5 Å². The number of carbonyl (C=O) groups is 3. The molecular weight excluding hydrogens is 364 g/mol. The van der Waals surface area contributed by atoms with E-state index < -0.39 is 17.1 Å². The van der Waals surface area contributed by atoms with Gasteiger partial charge in [-0.2, -0.15) is 0 Å². The number of carboxylic acids is 1. The molecule has 8 heteroatoms. The third kappa shape index (κ3) is 3.25. The fourth-order valence-corrected chi connectivity index (χ4v) is 3.85. The van der Waals surface area contributed by atoms with Gasteiger partial charge >= 0.3 is 5.97 Å². The first-order valence-corrected chi connectivity index (χ1v) is 8.62. The first kappa shape index (κ1) is 17.4. The molecule has 0 aliphatic carbocycles. The number of aromatic carboxylic acids is 1. The Balaban J connectivity index is 1.90. The van der Waals surface area contributed by atoms with Crippen LogP contribution in [-0.4, -0.2) is 33.1 Å². The van der Waals surface area contributed by atoms with Gasteiger partial charge in [-0.05, 0) is 30.7 Å². The number of carbonyl (C=O) groups excluding carboxylic acids is 2. The van der Waals surface area contributed by atoms with Gasteiger partial charge in [0.1, 0.15) is 5.03 Å². The minimum Gasteiger partial charge on any atom is -0.478 e. The van der Waals surface area contributed by atoms with Crippen molar-refractivity contribution in [1.29, 1.82) is 0 Å². The number of anilines is 1. The van der Waals surface area contributed by atoms with E-state index in [1.165, 1.54) is 18.3 Å². The molecule has 128 valence electrons. The second kappa shape index (κ2) is 6.85. The first-order valence-electron chi connectivity index (χ1n) is 7.37. The molecule has 2 aromatic rings. The van der Waals surface area contributed by atoms with E-state index in [0.717, 1.165) is 22.2 Å². The van der Waals surface area contributed by atoms with Gasteiger partial charge in [0.05, 0.1) is 21.5 Å². The van der Waals surface area contributed by atoms with Crippen LogP contribution >= 0.6 is 23.4 Å². The molecule has 1 fully saturated rings. The van der Waals surface area contributed by atoms with E-state index in [2.05, 4.69) is 4.98 Å². The van der Waals surface area contributed by atoms with Crippen LogP contribution in [0, 0.1) is 6.92 Å². The largest absolute Gasteiger partial charge is 0.478 e. The van der Waals surface area contributed by atoms with Crippen LogP contribution in [-0.2, 0) is 9.59 Å². The number of hydrogen-bond donors (Lipinski definition) is 1. The van der Waals surface area contributed by atoms with Gasteiger partial charge in [0.15, 0.2) is 0 Å². The van der Waals surface area contributed by atoms with Crippen molar-refractivity contribution in [3.05, 3.63) is 52.7 Å². The van der Waals surface area contributed by atoms with E-state index in [4.69, 9.17) is 11.6 Å². The summed E-state index contributed by atoms with van der Waals surface area (Å²) < 4.78 is 0. The SMILES string of the molecule is Cc1cccc(N2C(=O)CC(Sc3ncccc3C(=O)O)C2=O)c1Cl. The standard InChI is InChI=1S/C17H13ClN2O4S/c1-9-4-2-6-11(14(9)18)20-13(21)8-12(16(20)22)25-15-10(17(23)24)5-3-7-19-15/h2-7,12H,8H2,1H3,(H,23,24). The topological polar surface area (TPSA) is 87.6 Å². The fraction of sp³-hybridized carbons (Fsp3) is 0.176. The number of halogens is 1. The molecule has 2 heterocycles. The lowest BCUT2D eigenvalue weighted by Gasteiger charge is -2.17. The Kier molecular flexibility index (Phi) is 4.78. The third-order valence-corrected chi connectivity index (χ3v) is 5.47. The van der Waals surface area contributed by atoms with Crippen LogP contribution < -0.4 is 4.90 Å². The quantitative estimate of drug-likeness (QED) is 0.824. The van der Waals surface area contributed by atoms with Crippen molar-refractivity contribution in [3.8, 4) is 0 Å². The number of benzene rings is 1. The number of aryl methyl sites for hydroxylation is 1. The van der Waals surface area contributed by atoms with Crippen molar-refractivity contribution in [2.75, 3.05) is 4.90 Å². The van der Waals surface area contributed by atoms with E-state index in [-0.39, 0.29) is 22.9 Å². The number of amides is 2. The highest BCUT2D eigenvalue weighted by Gasteiger charge is 2.41. The zero-order valence-electron chi connectivity index (χ0n) is 13.1. The summed E-state index contributed by atoms with van der Waals surface area (Å²) in [4.78, 5) is 41.4. The minimum atomic E-state index is -1.13. The van der Waals surface area contributed by atoms with Crippen LogP contribution in [0.3, 0.4) is 0 Å². The Bertz CT molecular complexity index is 887. The highest BCUT2D eigenvalue weighted by molar-refractivity contribution is 8.00. The van der Waals surface area contributed by atoms with Crippen molar-refractivity contribution in [3.63, 3.8) is 0 Å². The number of nitrogens with zero attached hydrogens (tertiary/aromatic N) is 2. The number of rotatable bonds is 4. The number of carboxylic acid groups (broad SMARTS) is 1. The van der Waals surface area contributed by atoms with Gasteiger partial charge in [-0.15, -0.1) is 0 Å². The van der Waals surface area contributed by atoms with Crippen LogP contribution in [0.15, 0.2) is 41.6 Å². The van der Waals surface area contributed by atoms with Crippen LogP contribution in [0.2, 0.25) is 5.02 Å². The molecule has 3 rings (SSSR count). The summed E-state index contributed by atoms with van der Waals surface area (Å²) in [5.74, 6) is -1.93. The maximum atomic E-state index is 12.7. The molecule has 2 amide bonds. The molecule has 0 bridgehead atoms. The zero-order valence-corrected chi connectivity index (χ0v) is 14.7. The second-order valence-corrected chi connectivity index (χ2v) is 7.02. The van der Waals surface area contributed by atoms with Gasteiger partial charge in [-0.1, -0.05) is 35.5 Å². The predicted octanol–water partition coefficient (Wildman–Crippen LogP) is 3.17. The molecule has 0 radical (unpaired) electrons. The lowest BCUT2D eigenvalue weighted by atomic mass is 10.2. The molecule has 1 unspecified atom stereocenters. The van der Waals surface area contributed by atoms with Gasteiger partial charge in [-0.25, -0.2) is 14.7 Å². The summed E-state index contributed by atoms with van der Waals surface area (Å²) in [6, 6.07) is 8.04. The maximum absolute atomic E-state index is 12.7. The molecule has 1 saturated heterocycles. The Morgan fingerprint density at radius 3 is 2.80 bits per heavy atom. The smallest absolute Gasteiger partial charge is 0.338 e. The summed E-state index contributed by atoms with van der Waals surface area (Å²) in [5, 5.41) is 9.04. The van der Waals surface area contributed by atoms with Crippen molar-refractivity contribution in [2.24, 2.45) is 0 Å². The molecule has 6 nitrogen and oxygen atoms in total. The van der Waals surface area contributed by atoms with E-state index in [1.807, 2.05) is 0 Å². The van der Waals surface area contributed by atoms with Crippen molar-refractivity contribution in [1.82, 2.24) is 4.98 Å². The Morgan fingerprint density at radius 1 is 1.32 bits per heavy atom. The lowest BCUT2D eigenvalue weighted by molar-refractivity contribution is -0.121. The van der Waals surface area contributed by atoms with Crippen molar-refractivity contribution in [2.45, 2.75) is 23.6 Å². The molecule has 1 aromatic heterocycles. The first-order chi connectivity index (χ1) is 11.9. The van der Waals surface area contributed by atoms with Crippen molar-refractivity contribution < 1.29 is 19.5 Å². The molecule has 0 spiro atoms. The monoisotopic (exact) mass is 376 g/mol. The number of pyridine rings is 1. The summed E-state index contributed by atoms with van der Waals surface area (Å²) in [7, 11) is 0. The average molecular weight is 377 g/mol. The summed E-state index contributed by atoms with van der Waals surface area (Å²) >= 11 is 7.22. The lowest BCUT2D eigenvalue weighted by Crippen LogP contribution is -2.31. The molecular formula is C17H13ClN2O4S. The molecule has 1 atom stereocenters. The van der Waals surface area contributed by atoms with Gasteiger partial charge < -0.3 is 5.11 Å². The van der Waals surface area contributed by atoms with E-state index in [0.29, 0.717) is 10.7 Å². The van der Waals surface area contributed by atoms with Gasteiger partial charge in [0, 0.05) is 12.6 Å². The van der Waals surface area contributed by atoms with Gasteiger partial charge in [-0.3, -0.25) is 9.59 Å². The predicted molar refractivity (Wildman–Crippen MR) is 94.1 cm³/mol. The zero-order chi connectivity index (χ0) is 18.1. The Morgan fingerprint density at radius 2 is 2.08 bits per heavy atom. The molecule has 1 N–H and O–H groups in total. The molecule has 1 aromatic carbocycles. The van der Waals surface area contributed by atoms with E-state index >= 15 is 0 Å². The summed E-state index contributed by atoms with van der Waals surface area (Å²) in [5.41, 5.74) is 1.10. The Labute approximate surface area is 152 Å². The number of hydrogen-bond acceptors (Lipinski definition) is 5. The summed E-state index contributed by atoms with van der Waals surface area (Å²) in [6.07, 6.45) is 1.41. The maximum Gasteiger partial charge on any atom is 0.338 e. The molecule has 1 aliphatic rings. The number of thioether (sulfide) groups is 1. The normalized spacial score (nSPS) is 17.2. The average Bonchev–Trinajstić information content (AvgIpc) is 2.85. The minimum absolute atomic E-state index is 0.000197. The molecule has 1 aliphatic heterocycles. The Hall–Kier alpha value is -2.38. The summed E-state index contributed by atoms with van der Waals surface area (Å²) in [6.45, 7) is 1.79. The highest BCUT2D eigenvalue weighted by atomic mass is 35.5. The fourth-order valence-electron chi connectivity index (χ4n) is 2.54. The second-order valence-electron chi connectivity index (χ2n) is 5.45. The van der Waals surface area contributed by atoms with Crippen LogP contribution in [0.4, 0.5) is 5.69 Å². The van der Waals surface area contributed by atoms with Crippen molar-refractivity contribution >= 4 is 46.8 Å². The van der Waals surface area contributed by atoms with Crippen LogP contribution in [0.1, 0.15) is 22.3 Å². The third-order valence-electron chi connectivity index (χ3n) is 3.77. The van der Waals surface area contributed by atoms with E-state index in [1.54, 1.807) is 25.1 Å². The molecule has 25 heavy (non-hydrogen) atoms. The van der Waals surface area contributed by atoms with Crippen LogP contribution in [0.25, 0.3) is 0 Å². The highest BCUT2D eigenvalue weighted by Crippen LogP contribution is 2.37. The van der Waals surface area contributed by atoms with Crippen LogP contribution in [0.5, 0.6) is 0 Å². The molecule has 0 saturated carbocycles. The number of imide groups is 1. The number of aromatic nitrogens is 1. The van der Waals surface area contributed by atoms with Gasteiger partial charge in [0.25, 0.3) is 0 Å². The van der Waals surface area contributed by atoms with Gasteiger partial charge in [0.2, 0.25) is 11.8 Å².